The fourth-order valence-corrected chi connectivity index (χ4v) is 4.96. The van der Waals surface area contributed by atoms with Gasteiger partial charge in [-0.15, -0.1) is 0 Å². The average Bonchev–Trinajstić information content (AvgIpc) is 3.52. The number of carbonyl (C=O) groups excluding carboxylic acids is 2. The standard InChI is InChI=1S/C24H29N3O4S/c1-16(2)17-5-7-20(8-6-17)26-23(28)11-13-25-32(30,31)21-9-10-22-19(15-21)12-14-27(22)24(29)18-3-4-18/h5-10,15-16,18,25H,3-4,11-14H2,1-2H3,(H,26,28). The van der Waals surface area contributed by atoms with Crippen molar-refractivity contribution in [2.24, 2.45) is 5.92 Å². The fourth-order valence-electron chi connectivity index (χ4n) is 3.88. The maximum Gasteiger partial charge on any atom is 0.240 e. The topological polar surface area (TPSA) is 95.6 Å². The van der Waals surface area contributed by atoms with E-state index in [1.54, 1.807) is 17.0 Å². The first-order valence-electron chi connectivity index (χ1n) is 11.1. The van der Waals surface area contributed by atoms with Gasteiger partial charge in [-0.3, -0.25) is 9.59 Å². The summed E-state index contributed by atoms with van der Waals surface area (Å²) < 4.78 is 27.9. The highest BCUT2D eigenvalue weighted by Crippen LogP contribution is 2.37. The molecule has 4 rings (SSSR count). The molecule has 0 spiro atoms. The molecule has 1 aliphatic carbocycles. The fraction of sp³-hybridized carbons (Fsp3) is 0.417. The van der Waals surface area contributed by atoms with Crippen LogP contribution in [0.3, 0.4) is 0 Å². The summed E-state index contributed by atoms with van der Waals surface area (Å²) >= 11 is 0. The van der Waals surface area contributed by atoms with Gasteiger partial charge in [-0.2, -0.15) is 0 Å². The van der Waals surface area contributed by atoms with E-state index < -0.39 is 10.0 Å². The lowest BCUT2D eigenvalue weighted by atomic mass is 10.0. The summed E-state index contributed by atoms with van der Waals surface area (Å²) in [6.45, 7) is 4.80. The van der Waals surface area contributed by atoms with E-state index in [2.05, 4.69) is 23.9 Å². The van der Waals surface area contributed by atoms with Crippen molar-refractivity contribution in [3.63, 3.8) is 0 Å². The average molecular weight is 456 g/mol. The van der Waals surface area contributed by atoms with Crippen LogP contribution in [0.15, 0.2) is 47.4 Å². The molecule has 32 heavy (non-hydrogen) atoms. The molecule has 2 aromatic rings. The number of sulfonamides is 1. The summed E-state index contributed by atoms with van der Waals surface area (Å²) in [5.41, 5.74) is 3.55. The second-order valence-corrected chi connectivity index (χ2v) is 10.5. The van der Waals surface area contributed by atoms with Crippen LogP contribution < -0.4 is 14.9 Å². The Labute approximate surface area is 189 Å². The molecule has 8 heteroatoms. The molecule has 0 aromatic heterocycles. The second-order valence-electron chi connectivity index (χ2n) is 8.78. The van der Waals surface area contributed by atoms with Crippen molar-refractivity contribution in [3.8, 4) is 0 Å². The maximum atomic E-state index is 12.7. The van der Waals surface area contributed by atoms with Gasteiger partial charge in [-0.1, -0.05) is 26.0 Å². The van der Waals surface area contributed by atoms with E-state index in [9.17, 15) is 18.0 Å². The number of rotatable bonds is 8. The van der Waals surface area contributed by atoms with Crippen molar-refractivity contribution < 1.29 is 18.0 Å². The normalized spacial score (nSPS) is 15.7. The minimum absolute atomic E-state index is 0.00161. The molecule has 1 heterocycles. The molecule has 0 saturated heterocycles. The van der Waals surface area contributed by atoms with Crippen molar-refractivity contribution in [1.82, 2.24) is 4.72 Å². The summed E-state index contributed by atoms with van der Waals surface area (Å²) in [6.07, 6.45) is 2.56. The Morgan fingerprint density at radius 3 is 2.47 bits per heavy atom. The van der Waals surface area contributed by atoms with Crippen LogP contribution in [0.2, 0.25) is 0 Å². The Morgan fingerprint density at radius 2 is 1.81 bits per heavy atom. The molecule has 170 valence electrons. The van der Waals surface area contributed by atoms with E-state index in [4.69, 9.17) is 0 Å². The second kappa shape index (κ2) is 9.03. The lowest BCUT2D eigenvalue weighted by molar-refractivity contribution is -0.119. The van der Waals surface area contributed by atoms with Crippen molar-refractivity contribution in [2.45, 2.75) is 50.3 Å². The van der Waals surface area contributed by atoms with Crippen molar-refractivity contribution in [2.75, 3.05) is 23.3 Å². The number of nitrogens with one attached hydrogen (secondary N) is 2. The van der Waals surface area contributed by atoms with Crippen LogP contribution in [-0.4, -0.2) is 33.3 Å². The summed E-state index contributed by atoms with van der Waals surface area (Å²) in [4.78, 5) is 26.5. The smallest absolute Gasteiger partial charge is 0.240 e. The molecule has 1 saturated carbocycles. The van der Waals surface area contributed by atoms with Crippen LogP contribution in [0, 0.1) is 5.92 Å². The number of fused-ring (bicyclic) bond motifs is 1. The van der Waals surface area contributed by atoms with E-state index in [-0.39, 0.29) is 35.6 Å². The highest BCUT2D eigenvalue weighted by molar-refractivity contribution is 7.89. The number of hydrogen-bond donors (Lipinski definition) is 2. The predicted octanol–water partition coefficient (Wildman–Crippen LogP) is 3.42. The quantitative estimate of drug-likeness (QED) is 0.638. The molecule has 2 amide bonds. The minimum atomic E-state index is -3.74. The zero-order valence-electron chi connectivity index (χ0n) is 18.4. The number of carbonyl (C=O) groups is 2. The summed E-state index contributed by atoms with van der Waals surface area (Å²) in [7, 11) is -3.74. The van der Waals surface area contributed by atoms with E-state index in [0.29, 0.717) is 24.6 Å². The lowest BCUT2D eigenvalue weighted by Gasteiger charge is -2.17. The van der Waals surface area contributed by atoms with Crippen LogP contribution in [0.25, 0.3) is 0 Å². The Balaban J connectivity index is 1.31. The maximum absolute atomic E-state index is 12.7. The highest BCUT2D eigenvalue weighted by Gasteiger charge is 2.36. The number of benzene rings is 2. The first-order chi connectivity index (χ1) is 15.2. The van der Waals surface area contributed by atoms with Crippen LogP contribution in [0.5, 0.6) is 0 Å². The summed E-state index contributed by atoms with van der Waals surface area (Å²) in [5.74, 6) is 0.427. The summed E-state index contributed by atoms with van der Waals surface area (Å²) in [5, 5.41) is 2.79. The van der Waals surface area contributed by atoms with Gasteiger partial charge >= 0.3 is 0 Å². The van der Waals surface area contributed by atoms with E-state index in [1.807, 2.05) is 24.3 Å². The van der Waals surface area contributed by atoms with Crippen LogP contribution in [0.1, 0.15) is 50.2 Å². The third-order valence-corrected chi connectivity index (χ3v) is 7.41. The number of amides is 2. The number of nitrogens with zero attached hydrogens (tertiary/aromatic N) is 1. The molecule has 0 unspecified atom stereocenters. The molecule has 7 nitrogen and oxygen atoms in total. The molecule has 0 bridgehead atoms. The van der Waals surface area contributed by atoms with Crippen LogP contribution in [0.4, 0.5) is 11.4 Å². The number of hydrogen-bond acceptors (Lipinski definition) is 4. The molecule has 2 aromatic carbocycles. The zero-order chi connectivity index (χ0) is 22.9. The van der Waals surface area contributed by atoms with Gasteiger partial charge in [0.1, 0.15) is 0 Å². The first kappa shape index (κ1) is 22.5. The first-order valence-corrected chi connectivity index (χ1v) is 12.6. The third kappa shape index (κ3) is 5.02. The van der Waals surface area contributed by atoms with Crippen molar-refractivity contribution in [1.29, 1.82) is 0 Å². The molecule has 2 N–H and O–H groups in total. The Kier molecular flexibility index (Phi) is 6.35. The van der Waals surface area contributed by atoms with Gasteiger partial charge in [-0.05, 0) is 66.6 Å². The minimum Gasteiger partial charge on any atom is -0.326 e. The molecular weight excluding hydrogens is 426 g/mol. The number of anilines is 2. The highest BCUT2D eigenvalue weighted by atomic mass is 32.2. The van der Waals surface area contributed by atoms with E-state index in [1.165, 1.54) is 11.6 Å². The van der Waals surface area contributed by atoms with Crippen LogP contribution >= 0.6 is 0 Å². The van der Waals surface area contributed by atoms with Gasteiger partial charge in [0.05, 0.1) is 4.90 Å². The Hall–Kier alpha value is -2.71. The summed E-state index contributed by atoms with van der Waals surface area (Å²) in [6, 6.07) is 12.5. The van der Waals surface area contributed by atoms with Crippen LogP contribution in [-0.2, 0) is 26.0 Å². The SMILES string of the molecule is CC(C)c1ccc(NC(=O)CCNS(=O)(=O)c2ccc3c(c2)CCN3C(=O)C2CC2)cc1. The Morgan fingerprint density at radius 1 is 1.09 bits per heavy atom. The monoisotopic (exact) mass is 455 g/mol. The van der Waals surface area contributed by atoms with Gasteiger partial charge in [0.2, 0.25) is 21.8 Å². The predicted molar refractivity (Wildman–Crippen MR) is 124 cm³/mol. The van der Waals surface area contributed by atoms with Crippen molar-refractivity contribution in [3.05, 3.63) is 53.6 Å². The largest absolute Gasteiger partial charge is 0.326 e. The van der Waals surface area contributed by atoms with Gasteiger partial charge in [-0.25, -0.2) is 13.1 Å². The van der Waals surface area contributed by atoms with Crippen molar-refractivity contribution >= 4 is 33.2 Å². The third-order valence-electron chi connectivity index (χ3n) is 5.95. The molecule has 0 radical (unpaired) electrons. The van der Waals surface area contributed by atoms with Gasteiger partial charge in [0.25, 0.3) is 0 Å². The molecule has 1 fully saturated rings. The van der Waals surface area contributed by atoms with E-state index in [0.717, 1.165) is 24.1 Å². The Bertz CT molecular complexity index is 1120. The molecule has 2 aliphatic rings. The van der Waals surface area contributed by atoms with Gasteiger partial charge in [0, 0.05) is 36.8 Å². The molecule has 1 aliphatic heterocycles. The van der Waals surface area contributed by atoms with Gasteiger partial charge < -0.3 is 10.2 Å². The van der Waals surface area contributed by atoms with E-state index >= 15 is 0 Å². The zero-order valence-corrected chi connectivity index (χ0v) is 19.2. The molecular formula is C24H29N3O4S. The van der Waals surface area contributed by atoms with Gasteiger partial charge in [0.15, 0.2) is 0 Å². The lowest BCUT2D eigenvalue weighted by Crippen LogP contribution is -2.30. The molecule has 0 atom stereocenters.